The number of rotatable bonds is 7. The van der Waals surface area contributed by atoms with Gasteiger partial charge in [-0.15, -0.1) is 0 Å². The van der Waals surface area contributed by atoms with E-state index in [9.17, 15) is 13.6 Å². The lowest BCUT2D eigenvalue weighted by Gasteiger charge is -2.24. The average Bonchev–Trinajstić information content (AvgIpc) is 2.69. The minimum absolute atomic E-state index is 0.0435. The highest BCUT2D eigenvalue weighted by atomic mass is 19.3. The summed E-state index contributed by atoms with van der Waals surface area (Å²) >= 11 is 0. The normalized spacial score (nSPS) is 10.7. The molecule has 6 heteroatoms. The standard InChI is InChI=1S/C22H20F2N2O2/c1-16-6-2-3-8-19(16)15-26(14-17-7-5-11-25-13-17)21(27)18-9-4-10-20(12-18)28-22(23)24/h2-13,22H,14-15H2,1H3. The van der Waals surface area contributed by atoms with Crippen LogP contribution in [0.3, 0.4) is 0 Å². The van der Waals surface area contributed by atoms with Crippen LogP contribution in [0, 0.1) is 6.92 Å². The number of carbonyl (C=O) groups excluding carboxylic acids is 1. The molecule has 3 aromatic rings. The van der Waals surface area contributed by atoms with Gasteiger partial charge < -0.3 is 9.64 Å². The minimum atomic E-state index is -2.94. The molecule has 2 aromatic carbocycles. The molecule has 28 heavy (non-hydrogen) atoms. The third kappa shape index (κ3) is 5.13. The van der Waals surface area contributed by atoms with Crippen LogP contribution in [0.15, 0.2) is 73.1 Å². The topological polar surface area (TPSA) is 42.4 Å². The fourth-order valence-electron chi connectivity index (χ4n) is 2.89. The Labute approximate surface area is 162 Å². The fraction of sp³-hybridized carbons (Fsp3) is 0.182. The van der Waals surface area contributed by atoms with Gasteiger partial charge in [-0.3, -0.25) is 9.78 Å². The fourth-order valence-corrected chi connectivity index (χ4v) is 2.89. The Morgan fingerprint density at radius 1 is 1.07 bits per heavy atom. The molecule has 0 aliphatic rings. The van der Waals surface area contributed by atoms with E-state index in [1.807, 2.05) is 43.3 Å². The maximum atomic E-state index is 13.2. The summed E-state index contributed by atoms with van der Waals surface area (Å²) in [6, 6.07) is 17.4. The predicted octanol–water partition coefficient (Wildman–Crippen LogP) is 4.83. The summed E-state index contributed by atoms with van der Waals surface area (Å²) in [7, 11) is 0. The van der Waals surface area contributed by atoms with Crippen LogP contribution in [-0.4, -0.2) is 22.4 Å². The van der Waals surface area contributed by atoms with Crippen molar-refractivity contribution >= 4 is 5.91 Å². The van der Waals surface area contributed by atoms with E-state index in [0.717, 1.165) is 16.7 Å². The molecule has 0 radical (unpaired) electrons. The van der Waals surface area contributed by atoms with Crippen molar-refractivity contribution in [1.29, 1.82) is 0 Å². The van der Waals surface area contributed by atoms with Gasteiger partial charge in [0.05, 0.1) is 0 Å². The molecule has 3 rings (SSSR count). The molecule has 1 heterocycles. The zero-order chi connectivity index (χ0) is 19.9. The van der Waals surface area contributed by atoms with Gasteiger partial charge in [-0.1, -0.05) is 36.4 Å². The molecule has 0 saturated heterocycles. The number of alkyl halides is 2. The van der Waals surface area contributed by atoms with Crippen LogP contribution in [0.25, 0.3) is 0 Å². The van der Waals surface area contributed by atoms with Crippen LogP contribution in [0.1, 0.15) is 27.0 Å². The molecule has 144 valence electrons. The lowest BCUT2D eigenvalue weighted by Crippen LogP contribution is -2.30. The van der Waals surface area contributed by atoms with Gasteiger partial charge in [-0.25, -0.2) is 0 Å². The van der Waals surface area contributed by atoms with E-state index in [4.69, 9.17) is 0 Å². The Morgan fingerprint density at radius 2 is 1.89 bits per heavy atom. The Balaban J connectivity index is 1.89. The number of carbonyl (C=O) groups is 1. The van der Waals surface area contributed by atoms with Crippen molar-refractivity contribution < 1.29 is 18.3 Å². The molecule has 4 nitrogen and oxygen atoms in total. The first-order valence-corrected chi connectivity index (χ1v) is 8.80. The molecule has 1 aromatic heterocycles. The van der Waals surface area contributed by atoms with Gasteiger partial charge in [0.2, 0.25) is 0 Å². The number of aryl methyl sites for hydroxylation is 1. The quantitative estimate of drug-likeness (QED) is 0.588. The molecule has 0 spiro atoms. The summed E-state index contributed by atoms with van der Waals surface area (Å²) in [5.74, 6) is -0.315. The van der Waals surface area contributed by atoms with E-state index in [2.05, 4.69) is 9.72 Å². The maximum Gasteiger partial charge on any atom is 0.387 e. The number of hydrogen-bond donors (Lipinski definition) is 0. The van der Waals surface area contributed by atoms with E-state index < -0.39 is 6.61 Å². The van der Waals surface area contributed by atoms with Crippen molar-refractivity contribution in [3.63, 3.8) is 0 Å². The molecule has 1 amide bonds. The average molecular weight is 382 g/mol. The molecule has 0 aliphatic carbocycles. The number of hydrogen-bond acceptors (Lipinski definition) is 3. The van der Waals surface area contributed by atoms with Crippen LogP contribution < -0.4 is 4.74 Å². The third-order valence-corrected chi connectivity index (χ3v) is 4.31. The van der Waals surface area contributed by atoms with Gasteiger partial charge in [-0.2, -0.15) is 8.78 Å². The number of amides is 1. The zero-order valence-electron chi connectivity index (χ0n) is 15.4. The number of pyridine rings is 1. The first kappa shape index (κ1) is 19.5. The first-order valence-electron chi connectivity index (χ1n) is 8.80. The third-order valence-electron chi connectivity index (χ3n) is 4.31. The van der Waals surface area contributed by atoms with Crippen molar-refractivity contribution in [2.45, 2.75) is 26.6 Å². The second-order valence-electron chi connectivity index (χ2n) is 6.36. The van der Waals surface area contributed by atoms with Crippen LogP contribution in [0.5, 0.6) is 5.75 Å². The Bertz CT molecular complexity index is 933. The van der Waals surface area contributed by atoms with Crippen LogP contribution in [0.2, 0.25) is 0 Å². The van der Waals surface area contributed by atoms with Crippen LogP contribution in [-0.2, 0) is 13.1 Å². The molecular formula is C22H20F2N2O2. The van der Waals surface area contributed by atoms with E-state index in [0.29, 0.717) is 13.1 Å². The summed E-state index contributed by atoms with van der Waals surface area (Å²) in [6.07, 6.45) is 3.37. The number of ether oxygens (including phenoxy) is 1. The first-order chi connectivity index (χ1) is 13.5. The van der Waals surface area contributed by atoms with Gasteiger partial charge in [0.15, 0.2) is 0 Å². The summed E-state index contributed by atoms with van der Waals surface area (Å²) in [4.78, 5) is 18.9. The molecule has 0 saturated carbocycles. The molecule has 0 fully saturated rings. The number of halogens is 2. The lowest BCUT2D eigenvalue weighted by atomic mass is 10.1. The molecular weight excluding hydrogens is 362 g/mol. The SMILES string of the molecule is Cc1ccccc1CN(Cc1cccnc1)C(=O)c1cccc(OC(F)F)c1. The zero-order valence-corrected chi connectivity index (χ0v) is 15.4. The van der Waals surface area contributed by atoms with Gasteiger partial charge in [0, 0.05) is 31.0 Å². The number of nitrogens with zero attached hydrogens (tertiary/aromatic N) is 2. The van der Waals surface area contributed by atoms with Gasteiger partial charge in [-0.05, 0) is 47.9 Å². The number of benzene rings is 2. The van der Waals surface area contributed by atoms with Crippen LogP contribution in [0.4, 0.5) is 8.78 Å². The van der Waals surface area contributed by atoms with Crippen LogP contribution >= 0.6 is 0 Å². The smallest absolute Gasteiger partial charge is 0.387 e. The Morgan fingerprint density at radius 3 is 2.61 bits per heavy atom. The second kappa shape index (κ2) is 9.08. The van der Waals surface area contributed by atoms with Gasteiger partial charge in [0.1, 0.15) is 5.75 Å². The monoisotopic (exact) mass is 382 g/mol. The van der Waals surface area contributed by atoms with Crippen molar-refractivity contribution in [1.82, 2.24) is 9.88 Å². The van der Waals surface area contributed by atoms with Crippen molar-refractivity contribution in [2.75, 3.05) is 0 Å². The Kier molecular flexibility index (Phi) is 6.32. The highest BCUT2D eigenvalue weighted by Gasteiger charge is 2.19. The molecule has 0 aliphatic heterocycles. The van der Waals surface area contributed by atoms with Crippen molar-refractivity contribution in [3.05, 3.63) is 95.3 Å². The summed E-state index contributed by atoms with van der Waals surface area (Å²) < 4.78 is 29.4. The predicted molar refractivity (Wildman–Crippen MR) is 102 cm³/mol. The summed E-state index contributed by atoms with van der Waals surface area (Å²) in [6.45, 7) is -0.218. The highest BCUT2D eigenvalue weighted by molar-refractivity contribution is 5.94. The molecule has 0 unspecified atom stereocenters. The maximum absolute atomic E-state index is 13.2. The van der Waals surface area contributed by atoms with Gasteiger partial charge >= 0.3 is 6.61 Å². The van der Waals surface area contributed by atoms with Crippen molar-refractivity contribution in [2.24, 2.45) is 0 Å². The largest absolute Gasteiger partial charge is 0.435 e. The molecule has 0 bridgehead atoms. The Hall–Kier alpha value is -3.28. The van der Waals surface area contributed by atoms with E-state index in [-0.39, 0.29) is 17.2 Å². The van der Waals surface area contributed by atoms with Gasteiger partial charge in [0.25, 0.3) is 5.91 Å². The van der Waals surface area contributed by atoms with E-state index >= 15 is 0 Å². The summed E-state index contributed by atoms with van der Waals surface area (Å²) in [5, 5.41) is 0. The summed E-state index contributed by atoms with van der Waals surface area (Å²) in [5.41, 5.74) is 3.25. The highest BCUT2D eigenvalue weighted by Crippen LogP contribution is 2.20. The minimum Gasteiger partial charge on any atom is -0.435 e. The van der Waals surface area contributed by atoms with E-state index in [1.54, 1.807) is 23.4 Å². The second-order valence-corrected chi connectivity index (χ2v) is 6.36. The number of aromatic nitrogens is 1. The van der Waals surface area contributed by atoms with Crippen molar-refractivity contribution in [3.8, 4) is 5.75 Å². The molecule has 0 N–H and O–H groups in total. The van der Waals surface area contributed by atoms with E-state index in [1.165, 1.54) is 18.2 Å². The lowest BCUT2D eigenvalue weighted by molar-refractivity contribution is -0.0499. The molecule has 0 atom stereocenters.